The lowest BCUT2D eigenvalue weighted by atomic mass is 9.80. The molecular formula is C52H37N. The molecular weight excluding hydrogens is 639 g/mol. The average molecular weight is 676 g/mol. The Balaban J connectivity index is 1.26. The zero-order valence-corrected chi connectivity index (χ0v) is 29.9. The fourth-order valence-electron chi connectivity index (χ4n) is 9.54. The van der Waals surface area contributed by atoms with Crippen molar-refractivity contribution in [3.8, 4) is 33.4 Å². The average Bonchev–Trinajstić information content (AvgIpc) is 3.44. The second kappa shape index (κ2) is 11.3. The van der Waals surface area contributed by atoms with E-state index in [1.807, 2.05) is 0 Å². The predicted molar refractivity (Wildman–Crippen MR) is 225 cm³/mol. The van der Waals surface area contributed by atoms with Crippen LogP contribution in [0.15, 0.2) is 176 Å². The second-order valence-corrected chi connectivity index (χ2v) is 15.3. The van der Waals surface area contributed by atoms with Gasteiger partial charge in [0, 0.05) is 34.0 Å². The summed E-state index contributed by atoms with van der Waals surface area (Å²) in [5.41, 5.74) is 16.8. The van der Waals surface area contributed by atoms with Gasteiger partial charge in [0.05, 0.1) is 5.69 Å². The van der Waals surface area contributed by atoms with Gasteiger partial charge < -0.3 is 4.90 Å². The molecule has 250 valence electrons. The third-order valence-corrected chi connectivity index (χ3v) is 12.0. The molecule has 0 radical (unpaired) electrons. The van der Waals surface area contributed by atoms with Gasteiger partial charge in [0.25, 0.3) is 0 Å². The van der Waals surface area contributed by atoms with E-state index in [2.05, 4.69) is 195 Å². The third kappa shape index (κ3) is 4.38. The standard InChI is InChI=1S/C52H37N/c1-52(2)46-23-10-9-19-40(46)41-28-27-37(32-47(41)52)50-42-20-7-8-21-43(42)51(53-48-24-11-4-15-35(48)30-36-16-5-12-25-49(36)53)44-29-26-34(31-45(44)50)39-22-13-17-33-14-3-6-18-38(33)39/h3-29,31-32H,30H2,1-2H3. The van der Waals surface area contributed by atoms with E-state index >= 15 is 0 Å². The summed E-state index contributed by atoms with van der Waals surface area (Å²) >= 11 is 0. The highest BCUT2D eigenvalue weighted by molar-refractivity contribution is 6.23. The molecule has 9 aromatic rings. The van der Waals surface area contributed by atoms with Crippen molar-refractivity contribution in [2.45, 2.75) is 25.7 Å². The summed E-state index contributed by atoms with van der Waals surface area (Å²) in [4.78, 5) is 2.54. The zero-order chi connectivity index (χ0) is 35.3. The number of anilines is 3. The van der Waals surface area contributed by atoms with Gasteiger partial charge in [0.2, 0.25) is 0 Å². The summed E-state index contributed by atoms with van der Waals surface area (Å²) in [6.45, 7) is 4.76. The number of benzene rings is 9. The van der Waals surface area contributed by atoms with Crippen molar-refractivity contribution in [1.82, 2.24) is 0 Å². The molecule has 11 rings (SSSR count). The van der Waals surface area contributed by atoms with Gasteiger partial charge in [-0.2, -0.15) is 0 Å². The van der Waals surface area contributed by atoms with Crippen LogP contribution < -0.4 is 4.90 Å². The van der Waals surface area contributed by atoms with Crippen molar-refractivity contribution in [3.63, 3.8) is 0 Å². The Kier molecular flexibility index (Phi) is 6.43. The normalized spacial score (nSPS) is 13.9. The van der Waals surface area contributed by atoms with Crippen LogP contribution in [0.2, 0.25) is 0 Å². The van der Waals surface area contributed by atoms with Gasteiger partial charge in [-0.05, 0) is 101 Å². The molecule has 1 aliphatic carbocycles. The first-order valence-electron chi connectivity index (χ1n) is 18.7. The molecule has 9 aromatic carbocycles. The van der Waals surface area contributed by atoms with Crippen LogP contribution in [0, 0.1) is 0 Å². The Morgan fingerprint density at radius 3 is 1.81 bits per heavy atom. The zero-order valence-electron chi connectivity index (χ0n) is 29.9. The Labute approximate surface area is 310 Å². The van der Waals surface area contributed by atoms with Gasteiger partial charge in [-0.25, -0.2) is 0 Å². The Morgan fingerprint density at radius 2 is 1.00 bits per heavy atom. The van der Waals surface area contributed by atoms with Crippen LogP contribution in [0.25, 0.3) is 65.7 Å². The van der Waals surface area contributed by atoms with E-state index in [0.29, 0.717) is 0 Å². The highest BCUT2D eigenvalue weighted by Crippen LogP contribution is 2.54. The van der Waals surface area contributed by atoms with E-state index in [1.165, 1.54) is 105 Å². The molecule has 0 unspecified atom stereocenters. The van der Waals surface area contributed by atoms with E-state index < -0.39 is 0 Å². The second-order valence-electron chi connectivity index (χ2n) is 15.3. The summed E-state index contributed by atoms with van der Waals surface area (Å²) in [7, 11) is 0. The number of rotatable bonds is 3. The molecule has 1 heteroatoms. The van der Waals surface area contributed by atoms with Gasteiger partial charge in [-0.3, -0.25) is 0 Å². The van der Waals surface area contributed by atoms with Crippen LogP contribution in [0.4, 0.5) is 17.1 Å². The van der Waals surface area contributed by atoms with Crippen LogP contribution in [-0.2, 0) is 11.8 Å². The predicted octanol–water partition coefficient (Wildman–Crippen LogP) is 14.2. The molecule has 0 bridgehead atoms. The third-order valence-electron chi connectivity index (χ3n) is 12.0. The summed E-state index contributed by atoms with van der Waals surface area (Å²) in [5, 5.41) is 7.55. The quantitative estimate of drug-likeness (QED) is 0.169. The molecule has 53 heavy (non-hydrogen) atoms. The lowest BCUT2D eigenvalue weighted by Crippen LogP contribution is -2.19. The summed E-state index contributed by atoms with van der Waals surface area (Å²) in [6.07, 6.45) is 0.926. The van der Waals surface area contributed by atoms with Crippen LogP contribution in [-0.4, -0.2) is 0 Å². The van der Waals surface area contributed by atoms with Crippen LogP contribution in [0.3, 0.4) is 0 Å². The van der Waals surface area contributed by atoms with Gasteiger partial charge in [-0.15, -0.1) is 0 Å². The van der Waals surface area contributed by atoms with Crippen molar-refractivity contribution in [1.29, 1.82) is 0 Å². The molecule has 0 amide bonds. The van der Waals surface area contributed by atoms with Crippen LogP contribution >= 0.6 is 0 Å². The topological polar surface area (TPSA) is 3.24 Å². The number of hydrogen-bond donors (Lipinski definition) is 0. The van der Waals surface area contributed by atoms with Crippen molar-refractivity contribution in [2.24, 2.45) is 0 Å². The number of hydrogen-bond acceptors (Lipinski definition) is 1. The summed E-state index contributed by atoms with van der Waals surface area (Å²) < 4.78 is 0. The number of fused-ring (bicyclic) bond motifs is 8. The number of para-hydroxylation sites is 2. The molecule has 2 aliphatic rings. The molecule has 0 fully saturated rings. The Morgan fingerprint density at radius 1 is 0.415 bits per heavy atom. The SMILES string of the molecule is CC1(C)c2ccccc2-c2ccc(-c3c4ccccc4c(N4c5ccccc5Cc5ccccc54)c4ccc(-c5cccc6ccccc56)cc34)cc21. The molecule has 0 atom stereocenters. The van der Waals surface area contributed by atoms with Crippen molar-refractivity contribution in [3.05, 3.63) is 198 Å². The molecule has 0 aromatic heterocycles. The molecule has 0 saturated carbocycles. The van der Waals surface area contributed by atoms with E-state index in [0.717, 1.165) is 6.42 Å². The molecule has 1 heterocycles. The highest BCUT2D eigenvalue weighted by atomic mass is 15.2. The van der Waals surface area contributed by atoms with Crippen LogP contribution in [0.1, 0.15) is 36.1 Å². The van der Waals surface area contributed by atoms with Crippen molar-refractivity contribution < 1.29 is 0 Å². The van der Waals surface area contributed by atoms with Crippen molar-refractivity contribution >= 4 is 49.4 Å². The highest BCUT2D eigenvalue weighted by Gasteiger charge is 2.36. The monoisotopic (exact) mass is 675 g/mol. The maximum atomic E-state index is 2.54. The summed E-state index contributed by atoms with van der Waals surface area (Å²) in [6, 6.07) is 65.8. The first-order valence-corrected chi connectivity index (χ1v) is 18.7. The fraction of sp³-hybridized carbons (Fsp3) is 0.0769. The molecule has 1 aliphatic heterocycles. The van der Waals surface area contributed by atoms with E-state index in [-0.39, 0.29) is 5.41 Å². The lowest BCUT2D eigenvalue weighted by molar-refractivity contribution is 0.660. The maximum absolute atomic E-state index is 2.54. The van der Waals surface area contributed by atoms with Gasteiger partial charge >= 0.3 is 0 Å². The minimum Gasteiger partial charge on any atom is -0.309 e. The minimum absolute atomic E-state index is 0.0944. The fourth-order valence-corrected chi connectivity index (χ4v) is 9.54. The molecule has 0 N–H and O–H groups in total. The van der Waals surface area contributed by atoms with Crippen LogP contribution in [0.5, 0.6) is 0 Å². The van der Waals surface area contributed by atoms with Gasteiger partial charge in [0.15, 0.2) is 0 Å². The largest absolute Gasteiger partial charge is 0.309 e. The first kappa shape index (κ1) is 30.2. The Hall–Kier alpha value is -6.44. The number of nitrogens with zero attached hydrogens (tertiary/aromatic N) is 1. The molecule has 1 nitrogen and oxygen atoms in total. The molecule has 0 saturated heterocycles. The molecule has 0 spiro atoms. The van der Waals surface area contributed by atoms with Gasteiger partial charge in [-0.1, -0.05) is 166 Å². The van der Waals surface area contributed by atoms with Crippen molar-refractivity contribution in [2.75, 3.05) is 4.90 Å². The Bertz CT molecular complexity index is 2910. The summed E-state index contributed by atoms with van der Waals surface area (Å²) in [5.74, 6) is 0. The van der Waals surface area contributed by atoms with E-state index in [9.17, 15) is 0 Å². The minimum atomic E-state index is -0.0944. The first-order chi connectivity index (χ1) is 26.1. The van der Waals surface area contributed by atoms with Gasteiger partial charge in [0.1, 0.15) is 0 Å². The maximum Gasteiger partial charge on any atom is 0.0619 e. The van der Waals surface area contributed by atoms with E-state index in [1.54, 1.807) is 0 Å². The smallest absolute Gasteiger partial charge is 0.0619 e. The van der Waals surface area contributed by atoms with E-state index in [4.69, 9.17) is 0 Å². The lowest BCUT2D eigenvalue weighted by Gasteiger charge is -2.35.